The predicted octanol–water partition coefficient (Wildman–Crippen LogP) is 4.23. The number of hydrogen-bond acceptors (Lipinski definition) is 4. The van der Waals surface area contributed by atoms with E-state index in [0.29, 0.717) is 11.6 Å². The Morgan fingerprint density at radius 1 is 1.44 bits per heavy atom. The molecule has 1 aromatic carbocycles. The Morgan fingerprint density at radius 2 is 2.22 bits per heavy atom. The van der Waals surface area contributed by atoms with Gasteiger partial charge in [-0.15, -0.1) is 0 Å². The van der Waals surface area contributed by atoms with E-state index in [9.17, 15) is 10.1 Å². The summed E-state index contributed by atoms with van der Waals surface area (Å²) < 4.78 is 0. The van der Waals surface area contributed by atoms with Crippen LogP contribution in [0.5, 0.6) is 0 Å². The minimum absolute atomic E-state index is 0.161. The van der Waals surface area contributed by atoms with Crippen LogP contribution in [0.15, 0.2) is 29.6 Å². The second kappa shape index (κ2) is 5.37. The van der Waals surface area contributed by atoms with Crippen LogP contribution in [0.25, 0.3) is 0 Å². The lowest BCUT2D eigenvalue weighted by Gasteiger charge is -2.06. The highest BCUT2D eigenvalue weighted by Gasteiger charge is 2.09. The molecule has 94 valence electrons. The maximum absolute atomic E-state index is 10.5. The van der Waals surface area contributed by atoms with E-state index in [2.05, 4.69) is 5.32 Å². The summed E-state index contributed by atoms with van der Waals surface area (Å²) >= 11 is 7.15. The number of hydrogen-bond donors (Lipinski definition) is 1. The van der Waals surface area contributed by atoms with Gasteiger partial charge < -0.3 is 5.32 Å². The van der Waals surface area contributed by atoms with Crippen molar-refractivity contribution in [2.75, 3.05) is 5.32 Å². The summed E-state index contributed by atoms with van der Waals surface area (Å²) in [4.78, 5) is 10.2. The Bertz CT molecular complexity index is 583. The molecule has 0 aliphatic rings. The zero-order valence-electron chi connectivity index (χ0n) is 9.64. The van der Waals surface area contributed by atoms with Crippen LogP contribution >= 0.6 is 22.9 Å². The smallest absolute Gasteiger partial charge is 0.324 e. The SMILES string of the molecule is Cc1ccc(NCc2csc([N+](=O)[O-])c2)cc1Cl. The van der Waals surface area contributed by atoms with E-state index in [1.807, 2.05) is 25.1 Å². The molecule has 0 aliphatic carbocycles. The largest absolute Gasteiger partial charge is 0.381 e. The Balaban J connectivity index is 2.02. The van der Waals surface area contributed by atoms with Gasteiger partial charge in [0.15, 0.2) is 0 Å². The van der Waals surface area contributed by atoms with Crippen LogP contribution in [0.4, 0.5) is 10.7 Å². The van der Waals surface area contributed by atoms with E-state index >= 15 is 0 Å². The molecule has 1 aromatic heterocycles. The Hall–Kier alpha value is -1.59. The molecule has 0 unspecified atom stereocenters. The van der Waals surface area contributed by atoms with Crippen molar-refractivity contribution in [1.29, 1.82) is 0 Å². The first-order valence-corrected chi connectivity index (χ1v) is 6.54. The van der Waals surface area contributed by atoms with Gasteiger partial charge in [-0.2, -0.15) is 0 Å². The molecule has 0 spiro atoms. The third kappa shape index (κ3) is 3.00. The standard InChI is InChI=1S/C12H11ClN2O2S/c1-8-2-3-10(5-11(8)13)14-6-9-4-12(15(16)17)18-7-9/h2-5,7,14H,6H2,1H3. The van der Waals surface area contributed by atoms with Crippen molar-refractivity contribution in [3.63, 3.8) is 0 Å². The van der Waals surface area contributed by atoms with Crippen LogP contribution < -0.4 is 5.32 Å². The molecule has 0 aliphatic heterocycles. The van der Waals surface area contributed by atoms with Crippen LogP contribution in [0.1, 0.15) is 11.1 Å². The summed E-state index contributed by atoms with van der Waals surface area (Å²) in [6, 6.07) is 7.29. The fourth-order valence-electron chi connectivity index (χ4n) is 1.46. The van der Waals surface area contributed by atoms with Crippen molar-refractivity contribution in [3.05, 3.63) is 55.9 Å². The molecule has 6 heteroatoms. The number of thiophene rings is 1. The number of benzene rings is 1. The van der Waals surface area contributed by atoms with E-state index in [1.165, 1.54) is 0 Å². The zero-order valence-corrected chi connectivity index (χ0v) is 11.2. The molecule has 2 rings (SSSR count). The van der Waals surface area contributed by atoms with E-state index < -0.39 is 0 Å². The number of halogens is 1. The van der Waals surface area contributed by atoms with Crippen molar-refractivity contribution in [2.24, 2.45) is 0 Å². The normalized spacial score (nSPS) is 10.3. The molecule has 0 saturated carbocycles. The van der Waals surface area contributed by atoms with E-state index in [4.69, 9.17) is 11.6 Å². The first kappa shape index (κ1) is 12.9. The second-order valence-corrected chi connectivity index (χ2v) is 5.16. The minimum Gasteiger partial charge on any atom is -0.381 e. The van der Waals surface area contributed by atoms with Gasteiger partial charge in [0.2, 0.25) is 0 Å². The highest BCUT2D eigenvalue weighted by molar-refractivity contribution is 7.13. The van der Waals surface area contributed by atoms with Crippen molar-refractivity contribution in [3.8, 4) is 0 Å². The maximum Gasteiger partial charge on any atom is 0.324 e. The van der Waals surface area contributed by atoms with Gasteiger partial charge >= 0.3 is 5.00 Å². The van der Waals surface area contributed by atoms with Gasteiger partial charge in [-0.25, -0.2) is 0 Å². The number of nitro groups is 1. The first-order chi connectivity index (χ1) is 8.56. The number of rotatable bonds is 4. The van der Waals surface area contributed by atoms with E-state index in [0.717, 1.165) is 28.2 Å². The third-order valence-corrected chi connectivity index (χ3v) is 3.82. The van der Waals surface area contributed by atoms with Gasteiger partial charge in [0.25, 0.3) is 0 Å². The number of anilines is 1. The Kier molecular flexibility index (Phi) is 3.84. The second-order valence-electron chi connectivity index (χ2n) is 3.87. The molecule has 0 bridgehead atoms. The monoisotopic (exact) mass is 282 g/mol. The van der Waals surface area contributed by atoms with Crippen LogP contribution in [-0.4, -0.2) is 4.92 Å². The Labute approximate surface area is 113 Å². The summed E-state index contributed by atoms with van der Waals surface area (Å²) in [7, 11) is 0. The molecular formula is C12H11ClN2O2S. The summed E-state index contributed by atoms with van der Waals surface area (Å²) in [6.07, 6.45) is 0. The van der Waals surface area contributed by atoms with Gasteiger partial charge in [0, 0.05) is 28.7 Å². The highest BCUT2D eigenvalue weighted by atomic mass is 35.5. The molecule has 2 aromatic rings. The molecule has 0 radical (unpaired) electrons. The van der Waals surface area contributed by atoms with E-state index in [1.54, 1.807) is 11.4 Å². The fourth-order valence-corrected chi connectivity index (χ4v) is 2.37. The summed E-state index contributed by atoms with van der Waals surface area (Å²) in [5.74, 6) is 0. The lowest BCUT2D eigenvalue weighted by atomic mass is 10.2. The van der Waals surface area contributed by atoms with Crippen LogP contribution in [0, 0.1) is 17.0 Å². The number of nitrogens with one attached hydrogen (secondary N) is 1. The van der Waals surface area contributed by atoms with Crippen molar-refractivity contribution >= 4 is 33.6 Å². The van der Waals surface area contributed by atoms with Gasteiger partial charge in [0.05, 0.1) is 4.92 Å². The Morgan fingerprint density at radius 3 is 2.83 bits per heavy atom. The minimum atomic E-state index is -0.378. The van der Waals surface area contributed by atoms with Gasteiger partial charge in [-0.1, -0.05) is 29.0 Å². The van der Waals surface area contributed by atoms with E-state index in [-0.39, 0.29) is 9.92 Å². The van der Waals surface area contributed by atoms with Gasteiger partial charge in [-0.3, -0.25) is 10.1 Å². The molecule has 0 saturated heterocycles. The van der Waals surface area contributed by atoms with Gasteiger partial charge in [-0.05, 0) is 30.2 Å². The number of aryl methyl sites for hydroxylation is 1. The lowest BCUT2D eigenvalue weighted by Crippen LogP contribution is -1.98. The lowest BCUT2D eigenvalue weighted by molar-refractivity contribution is -0.380. The topological polar surface area (TPSA) is 55.2 Å². The summed E-state index contributed by atoms with van der Waals surface area (Å²) in [5, 5.41) is 16.4. The molecule has 0 amide bonds. The molecule has 1 N–H and O–H groups in total. The first-order valence-electron chi connectivity index (χ1n) is 5.28. The average molecular weight is 283 g/mol. The summed E-state index contributed by atoms with van der Waals surface area (Å²) in [5.41, 5.74) is 2.82. The van der Waals surface area contributed by atoms with Gasteiger partial charge in [0.1, 0.15) is 0 Å². The van der Waals surface area contributed by atoms with Crippen molar-refractivity contribution in [1.82, 2.24) is 0 Å². The maximum atomic E-state index is 10.5. The average Bonchev–Trinajstić information content (AvgIpc) is 2.79. The predicted molar refractivity (Wildman–Crippen MR) is 74.5 cm³/mol. The van der Waals surface area contributed by atoms with Crippen LogP contribution in [0.2, 0.25) is 5.02 Å². The third-order valence-electron chi connectivity index (χ3n) is 2.49. The quantitative estimate of drug-likeness (QED) is 0.674. The molecule has 0 fully saturated rings. The van der Waals surface area contributed by atoms with Crippen LogP contribution in [0.3, 0.4) is 0 Å². The summed E-state index contributed by atoms with van der Waals surface area (Å²) in [6.45, 7) is 2.48. The molecule has 4 nitrogen and oxygen atoms in total. The molecule has 1 heterocycles. The fraction of sp³-hybridized carbons (Fsp3) is 0.167. The van der Waals surface area contributed by atoms with Crippen LogP contribution in [-0.2, 0) is 6.54 Å². The van der Waals surface area contributed by atoms with Crippen molar-refractivity contribution in [2.45, 2.75) is 13.5 Å². The highest BCUT2D eigenvalue weighted by Crippen LogP contribution is 2.24. The van der Waals surface area contributed by atoms with Crippen molar-refractivity contribution < 1.29 is 4.92 Å². The number of nitrogens with zero attached hydrogens (tertiary/aromatic N) is 1. The molecular weight excluding hydrogens is 272 g/mol. The molecule has 0 atom stereocenters. The molecule has 18 heavy (non-hydrogen) atoms. The zero-order chi connectivity index (χ0) is 13.1.